The molecule has 0 saturated carbocycles. The predicted octanol–water partition coefficient (Wildman–Crippen LogP) is 3.19. The molecule has 1 N–H and O–H groups in total. The summed E-state index contributed by atoms with van der Waals surface area (Å²) in [7, 11) is 1.42. The van der Waals surface area contributed by atoms with Crippen molar-refractivity contribution in [2.45, 2.75) is 32.4 Å². The maximum atomic E-state index is 12.4. The van der Waals surface area contributed by atoms with Gasteiger partial charge in [0, 0.05) is 18.5 Å². The van der Waals surface area contributed by atoms with Crippen molar-refractivity contribution in [1.29, 1.82) is 0 Å². The first-order valence-electron chi connectivity index (χ1n) is 6.44. The van der Waals surface area contributed by atoms with E-state index in [0.717, 1.165) is 25.8 Å². The Kier molecular flexibility index (Phi) is 7.44. The monoisotopic (exact) mass is 283 g/mol. The number of rotatable bonds is 9. The van der Waals surface area contributed by atoms with E-state index in [1.807, 2.05) is 0 Å². The lowest BCUT2D eigenvalue weighted by Crippen LogP contribution is -2.16. The van der Waals surface area contributed by atoms with Crippen LogP contribution in [0.5, 0.6) is 11.5 Å². The molecule has 0 radical (unpaired) electrons. The number of para-hydroxylation sites is 1. The van der Waals surface area contributed by atoms with E-state index in [9.17, 15) is 8.78 Å². The molecule has 0 aliphatic carbocycles. The zero-order valence-electron chi connectivity index (χ0n) is 11.5. The summed E-state index contributed by atoms with van der Waals surface area (Å²) in [5.41, 5.74) is 0.640. The third-order valence-corrected chi connectivity index (χ3v) is 2.73. The van der Waals surface area contributed by atoms with Crippen LogP contribution in [-0.4, -0.2) is 20.3 Å². The average Bonchev–Trinajstić information content (AvgIpc) is 2.43. The van der Waals surface area contributed by atoms with Gasteiger partial charge in [-0.05, 0) is 25.5 Å². The van der Waals surface area contributed by atoms with Crippen LogP contribution in [0.15, 0.2) is 18.2 Å². The van der Waals surface area contributed by atoms with E-state index < -0.39 is 6.61 Å². The van der Waals surface area contributed by atoms with E-state index in [1.165, 1.54) is 7.11 Å². The fraction of sp³-hybridized carbons (Fsp3) is 0.467. The van der Waals surface area contributed by atoms with Gasteiger partial charge in [-0.3, -0.25) is 0 Å². The average molecular weight is 283 g/mol. The van der Waals surface area contributed by atoms with Crippen LogP contribution in [0.2, 0.25) is 0 Å². The third-order valence-electron chi connectivity index (χ3n) is 2.73. The van der Waals surface area contributed by atoms with Crippen molar-refractivity contribution in [3.63, 3.8) is 0 Å². The maximum Gasteiger partial charge on any atom is 0.387 e. The summed E-state index contributed by atoms with van der Waals surface area (Å²) in [6, 6.07) is 5.06. The molecule has 5 heteroatoms. The number of benzene rings is 1. The van der Waals surface area contributed by atoms with E-state index in [4.69, 9.17) is 11.2 Å². The van der Waals surface area contributed by atoms with E-state index in [2.05, 4.69) is 16.0 Å². The number of nitrogens with one attached hydrogen (secondary N) is 1. The van der Waals surface area contributed by atoms with Gasteiger partial charge in [0.15, 0.2) is 11.5 Å². The van der Waals surface area contributed by atoms with Gasteiger partial charge >= 0.3 is 6.61 Å². The molecule has 0 unspecified atom stereocenters. The number of alkyl halides is 2. The Hall–Kier alpha value is -1.80. The summed E-state index contributed by atoms with van der Waals surface area (Å²) in [5.74, 6) is 2.96. The molecule has 1 rings (SSSR count). The van der Waals surface area contributed by atoms with Crippen LogP contribution in [0.1, 0.15) is 24.8 Å². The number of ether oxygens (including phenoxy) is 2. The highest BCUT2D eigenvalue weighted by Gasteiger charge is 2.14. The lowest BCUT2D eigenvalue weighted by molar-refractivity contribution is -0.0518. The van der Waals surface area contributed by atoms with Crippen molar-refractivity contribution in [1.82, 2.24) is 5.32 Å². The minimum Gasteiger partial charge on any atom is -0.493 e. The van der Waals surface area contributed by atoms with Gasteiger partial charge < -0.3 is 14.8 Å². The lowest BCUT2D eigenvalue weighted by atomic mass is 10.1. The van der Waals surface area contributed by atoms with Crippen LogP contribution in [0.25, 0.3) is 0 Å². The summed E-state index contributed by atoms with van der Waals surface area (Å²) in [4.78, 5) is 0. The SMILES string of the molecule is C#CCCCCNCc1cccc(OC)c1OC(F)F. The number of halogens is 2. The van der Waals surface area contributed by atoms with Gasteiger partial charge in [-0.2, -0.15) is 8.78 Å². The van der Waals surface area contributed by atoms with Gasteiger partial charge in [-0.1, -0.05) is 12.1 Å². The molecule has 0 fully saturated rings. The molecule has 0 atom stereocenters. The van der Waals surface area contributed by atoms with Gasteiger partial charge in [-0.15, -0.1) is 12.3 Å². The Morgan fingerprint density at radius 2 is 2.15 bits per heavy atom. The fourth-order valence-corrected chi connectivity index (χ4v) is 1.78. The van der Waals surface area contributed by atoms with E-state index >= 15 is 0 Å². The minimum atomic E-state index is -2.87. The molecule has 0 spiro atoms. The van der Waals surface area contributed by atoms with Gasteiger partial charge in [0.05, 0.1) is 7.11 Å². The molecule has 3 nitrogen and oxygen atoms in total. The molecule has 0 heterocycles. The Balaban J connectivity index is 2.57. The highest BCUT2D eigenvalue weighted by molar-refractivity contribution is 5.46. The van der Waals surface area contributed by atoms with Crippen molar-refractivity contribution in [2.75, 3.05) is 13.7 Å². The number of hydrogen-bond donors (Lipinski definition) is 1. The van der Waals surface area contributed by atoms with E-state index in [-0.39, 0.29) is 5.75 Å². The second kappa shape index (κ2) is 9.16. The minimum absolute atomic E-state index is 0.0844. The summed E-state index contributed by atoms with van der Waals surface area (Å²) in [6.45, 7) is -1.66. The standard InChI is InChI=1S/C15H19F2NO2/c1-3-4-5-6-10-18-11-12-8-7-9-13(19-2)14(12)20-15(16)17/h1,7-9,15,18H,4-6,10-11H2,2H3. The summed E-state index contributed by atoms with van der Waals surface area (Å²) >= 11 is 0. The number of unbranched alkanes of at least 4 members (excludes halogenated alkanes) is 2. The predicted molar refractivity (Wildman–Crippen MR) is 74.0 cm³/mol. The highest BCUT2D eigenvalue weighted by atomic mass is 19.3. The molecular weight excluding hydrogens is 264 g/mol. The molecule has 20 heavy (non-hydrogen) atoms. The van der Waals surface area contributed by atoms with Crippen LogP contribution in [-0.2, 0) is 6.54 Å². The molecule has 1 aromatic carbocycles. The first kappa shape index (κ1) is 16.3. The van der Waals surface area contributed by atoms with Gasteiger partial charge in [0.1, 0.15) is 0 Å². The Morgan fingerprint density at radius 3 is 2.80 bits per heavy atom. The van der Waals surface area contributed by atoms with Crippen LogP contribution in [0, 0.1) is 12.3 Å². The first-order chi connectivity index (χ1) is 9.69. The number of methoxy groups -OCH3 is 1. The molecule has 0 aliphatic heterocycles. The Morgan fingerprint density at radius 1 is 1.35 bits per heavy atom. The second-order valence-corrected chi connectivity index (χ2v) is 4.17. The van der Waals surface area contributed by atoms with Gasteiger partial charge in [0.25, 0.3) is 0 Å². The third kappa shape index (κ3) is 5.45. The summed E-state index contributed by atoms with van der Waals surface area (Å²) in [5, 5.41) is 3.18. The maximum absolute atomic E-state index is 12.4. The molecule has 0 bridgehead atoms. The summed E-state index contributed by atoms with van der Waals surface area (Å²) < 4.78 is 34.4. The van der Waals surface area contributed by atoms with Crippen LogP contribution >= 0.6 is 0 Å². The second-order valence-electron chi connectivity index (χ2n) is 4.17. The fourth-order valence-electron chi connectivity index (χ4n) is 1.78. The van der Waals surface area contributed by atoms with Crippen molar-refractivity contribution in [3.05, 3.63) is 23.8 Å². The zero-order valence-corrected chi connectivity index (χ0v) is 11.5. The van der Waals surface area contributed by atoms with Crippen LogP contribution in [0.4, 0.5) is 8.78 Å². The largest absolute Gasteiger partial charge is 0.493 e. The normalized spacial score (nSPS) is 10.3. The Labute approximate surface area is 118 Å². The zero-order chi connectivity index (χ0) is 14.8. The first-order valence-corrected chi connectivity index (χ1v) is 6.44. The van der Waals surface area contributed by atoms with E-state index in [1.54, 1.807) is 18.2 Å². The van der Waals surface area contributed by atoms with Crippen molar-refractivity contribution >= 4 is 0 Å². The van der Waals surface area contributed by atoms with E-state index in [0.29, 0.717) is 17.9 Å². The van der Waals surface area contributed by atoms with Gasteiger partial charge in [0.2, 0.25) is 0 Å². The summed E-state index contributed by atoms with van der Waals surface area (Å²) in [6.07, 6.45) is 7.80. The Bertz CT molecular complexity index is 444. The van der Waals surface area contributed by atoms with Crippen molar-refractivity contribution in [3.8, 4) is 23.8 Å². The smallest absolute Gasteiger partial charge is 0.387 e. The van der Waals surface area contributed by atoms with Crippen LogP contribution < -0.4 is 14.8 Å². The topological polar surface area (TPSA) is 30.5 Å². The van der Waals surface area contributed by atoms with Crippen molar-refractivity contribution in [2.24, 2.45) is 0 Å². The number of terminal acetylenes is 1. The quantitative estimate of drug-likeness (QED) is 0.557. The lowest BCUT2D eigenvalue weighted by Gasteiger charge is -2.14. The molecular formula is C15H19F2NO2. The molecule has 0 aliphatic rings. The molecule has 0 aromatic heterocycles. The number of hydrogen-bond acceptors (Lipinski definition) is 3. The molecule has 0 amide bonds. The molecule has 0 saturated heterocycles. The van der Waals surface area contributed by atoms with Crippen LogP contribution in [0.3, 0.4) is 0 Å². The molecule has 110 valence electrons. The molecule has 1 aromatic rings. The highest BCUT2D eigenvalue weighted by Crippen LogP contribution is 2.32. The van der Waals surface area contributed by atoms with Gasteiger partial charge in [-0.25, -0.2) is 0 Å². The van der Waals surface area contributed by atoms with Crippen molar-refractivity contribution < 1.29 is 18.3 Å².